The van der Waals surface area contributed by atoms with E-state index in [2.05, 4.69) is 67.5 Å². The van der Waals surface area contributed by atoms with Gasteiger partial charge in [0, 0.05) is 0 Å². The van der Waals surface area contributed by atoms with Crippen LogP contribution in [0.5, 0.6) is 5.75 Å². The Bertz CT molecular complexity index is 414. The van der Waals surface area contributed by atoms with Gasteiger partial charge in [0.2, 0.25) is 0 Å². The molecule has 108 valence electrons. The largest absolute Gasteiger partial charge is 1.00 e. The van der Waals surface area contributed by atoms with Crippen molar-refractivity contribution in [2.45, 2.75) is 78.6 Å². The molecular formula is C18H29NaO. The molecule has 0 aliphatic heterocycles. The monoisotopic (exact) mass is 284 g/mol. The van der Waals surface area contributed by atoms with E-state index in [1.54, 1.807) is 0 Å². The van der Waals surface area contributed by atoms with Crippen LogP contribution in [-0.4, -0.2) is 0 Å². The fraction of sp³-hybridized carbons (Fsp3) is 0.667. The predicted octanol–water partition coefficient (Wildman–Crippen LogP) is 1.87. The van der Waals surface area contributed by atoms with Crippen molar-refractivity contribution in [2.75, 3.05) is 0 Å². The van der Waals surface area contributed by atoms with E-state index >= 15 is 0 Å². The Morgan fingerprint density at radius 3 is 1.55 bits per heavy atom. The van der Waals surface area contributed by atoms with Gasteiger partial charge < -0.3 is 5.11 Å². The molecule has 0 N–H and O–H groups in total. The van der Waals surface area contributed by atoms with Crippen molar-refractivity contribution >= 4 is 0 Å². The molecule has 0 bridgehead atoms. The molecule has 0 spiro atoms. The molecule has 0 amide bonds. The molecule has 0 heterocycles. The number of rotatable bonds is 2. The van der Waals surface area contributed by atoms with Gasteiger partial charge in [-0.15, -0.1) is 5.75 Å². The van der Waals surface area contributed by atoms with Crippen LogP contribution in [-0.2, 0) is 10.8 Å². The second-order valence-electron chi connectivity index (χ2n) is 7.75. The minimum Gasteiger partial charge on any atom is -0.872 e. The third-order valence-electron chi connectivity index (χ3n) is 3.91. The van der Waals surface area contributed by atoms with Crippen molar-refractivity contribution in [1.82, 2.24) is 0 Å². The predicted molar refractivity (Wildman–Crippen MR) is 82.0 cm³/mol. The van der Waals surface area contributed by atoms with Gasteiger partial charge in [-0.05, 0) is 39.9 Å². The molecule has 2 heteroatoms. The van der Waals surface area contributed by atoms with Crippen molar-refractivity contribution in [3.05, 3.63) is 28.8 Å². The molecule has 1 atom stereocenters. The third-order valence-corrected chi connectivity index (χ3v) is 3.91. The third kappa shape index (κ3) is 4.51. The zero-order chi connectivity index (χ0) is 15.0. The summed E-state index contributed by atoms with van der Waals surface area (Å²) in [4.78, 5) is 0. The van der Waals surface area contributed by atoms with Gasteiger partial charge in [0.05, 0.1) is 0 Å². The van der Waals surface area contributed by atoms with E-state index in [9.17, 15) is 5.11 Å². The molecule has 1 unspecified atom stereocenters. The maximum Gasteiger partial charge on any atom is 1.00 e. The van der Waals surface area contributed by atoms with E-state index in [4.69, 9.17) is 0 Å². The molecule has 0 fully saturated rings. The zero-order valence-electron chi connectivity index (χ0n) is 14.8. The van der Waals surface area contributed by atoms with Crippen LogP contribution in [0.3, 0.4) is 0 Å². The molecule has 0 radical (unpaired) electrons. The Morgan fingerprint density at radius 1 is 0.950 bits per heavy atom. The fourth-order valence-corrected chi connectivity index (χ4v) is 2.29. The quantitative estimate of drug-likeness (QED) is 0.760. The maximum absolute atomic E-state index is 12.7. The Morgan fingerprint density at radius 2 is 1.30 bits per heavy atom. The van der Waals surface area contributed by atoms with Gasteiger partial charge in [-0.3, -0.25) is 0 Å². The van der Waals surface area contributed by atoms with Crippen LogP contribution in [0.4, 0.5) is 0 Å². The summed E-state index contributed by atoms with van der Waals surface area (Å²) >= 11 is 0. The maximum atomic E-state index is 12.7. The Balaban J connectivity index is 0.00000361. The van der Waals surface area contributed by atoms with Crippen LogP contribution in [0.1, 0.15) is 84.4 Å². The van der Waals surface area contributed by atoms with Gasteiger partial charge in [-0.25, -0.2) is 0 Å². The van der Waals surface area contributed by atoms with Crippen LogP contribution in [0.25, 0.3) is 0 Å². The first-order valence-electron chi connectivity index (χ1n) is 7.34. The first-order valence-corrected chi connectivity index (χ1v) is 7.34. The molecule has 0 aliphatic carbocycles. The van der Waals surface area contributed by atoms with E-state index in [1.165, 1.54) is 5.56 Å². The van der Waals surface area contributed by atoms with Crippen LogP contribution in [0.2, 0.25) is 0 Å². The van der Waals surface area contributed by atoms with Crippen molar-refractivity contribution in [3.63, 3.8) is 0 Å². The van der Waals surface area contributed by atoms with Crippen LogP contribution < -0.4 is 34.7 Å². The second-order valence-corrected chi connectivity index (χ2v) is 7.75. The van der Waals surface area contributed by atoms with Gasteiger partial charge in [0.15, 0.2) is 0 Å². The van der Waals surface area contributed by atoms with Crippen molar-refractivity contribution < 1.29 is 34.7 Å². The summed E-state index contributed by atoms with van der Waals surface area (Å²) in [5.74, 6) is 0.731. The van der Waals surface area contributed by atoms with Crippen LogP contribution >= 0.6 is 0 Å². The molecule has 0 saturated heterocycles. The second kappa shape index (κ2) is 6.85. The SMILES string of the molecule is CCC(C)c1cc(C(C)(C)C)c([O-])c(C(C)(C)C)c1.[Na+]. The van der Waals surface area contributed by atoms with E-state index in [-0.39, 0.29) is 46.1 Å². The molecule has 1 aromatic carbocycles. The van der Waals surface area contributed by atoms with E-state index < -0.39 is 0 Å². The summed E-state index contributed by atoms with van der Waals surface area (Å²) in [6.07, 6.45) is 1.10. The van der Waals surface area contributed by atoms with Crippen LogP contribution in [0.15, 0.2) is 12.1 Å². The minimum atomic E-state index is -0.0967. The summed E-state index contributed by atoms with van der Waals surface area (Å²) in [6, 6.07) is 4.26. The van der Waals surface area contributed by atoms with Crippen molar-refractivity contribution in [2.24, 2.45) is 0 Å². The molecule has 1 aromatic rings. The summed E-state index contributed by atoms with van der Waals surface area (Å²) in [5, 5.41) is 12.7. The smallest absolute Gasteiger partial charge is 0.872 e. The molecule has 1 nitrogen and oxygen atoms in total. The summed E-state index contributed by atoms with van der Waals surface area (Å²) < 4.78 is 0. The van der Waals surface area contributed by atoms with Gasteiger partial charge in [-0.1, -0.05) is 67.5 Å². The molecule has 0 aliphatic rings. The topological polar surface area (TPSA) is 23.1 Å². The van der Waals surface area contributed by atoms with Crippen molar-refractivity contribution in [3.8, 4) is 5.75 Å². The van der Waals surface area contributed by atoms with E-state index in [0.717, 1.165) is 17.5 Å². The van der Waals surface area contributed by atoms with Crippen molar-refractivity contribution in [1.29, 1.82) is 0 Å². The zero-order valence-corrected chi connectivity index (χ0v) is 16.8. The average Bonchev–Trinajstić information content (AvgIpc) is 2.25. The normalized spacial score (nSPS) is 13.8. The molecule has 1 rings (SSSR count). The standard InChI is InChI=1S/C18H30O.Na/c1-9-12(2)13-10-14(17(3,4)5)16(19)15(11-13)18(6,7)8;/h10-12,19H,9H2,1-8H3;/q;+1/p-1. The van der Waals surface area contributed by atoms with E-state index in [0.29, 0.717) is 5.92 Å². The molecule has 20 heavy (non-hydrogen) atoms. The molecular weight excluding hydrogens is 255 g/mol. The Labute approximate surface area is 147 Å². The molecule has 0 aromatic heterocycles. The summed E-state index contributed by atoms with van der Waals surface area (Å²) in [5.41, 5.74) is 3.02. The number of hydrogen-bond donors (Lipinski definition) is 0. The minimum absolute atomic E-state index is 0. The Hall–Kier alpha value is 0.0200. The van der Waals surface area contributed by atoms with Crippen LogP contribution in [0, 0.1) is 0 Å². The van der Waals surface area contributed by atoms with E-state index in [1.807, 2.05) is 0 Å². The van der Waals surface area contributed by atoms with Gasteiger partial charge >= 0.3 is 29.6 Å². The Kier molecular flexibility index (Phi) is 6.86. The summed E-state index contributed by atoms with van der Waals surface area (Å²) in [7, 11) is 0. The first kappa shape index (κ1) is 20.0. The first-order chi connectivity index (χ1) is 8.48. The summed E-state index contributed by atoms with van der Waals surface area (Å²) in [6.45, 7) is 17.2. The number of hydrogen-bond acceptors (Lipinski definition) is 1. The van der Waals surface area contributed by atoms with Gasteiger partial charge in [0.1, 0.15) is 0 Å². The number of benzene rings is 1. The average molecular weight is 284 g/mol. The fourth-order valence-electron chi connectivity index (χ4n) is 2.29. The van der Waals surface area contributed by atoms with Gasteiger partial charge in [0.25, 0.3) is 0 Å². The van der Waals surface area contributed by atoms with Gasteiger partial charge in [-0.2, -0.15) is 0 Å². The molecule has 0 saturated carbocycles.